The second kappa shape index (κ2) is 6.62. The number of carbonyl (C=O) groups is 1. The van der Waals surface area contributed by atoms with Gasteiger partial charge in [0.05, 0.1) is 0 Å². The van der Waals surface area contributed by atoms with Crippen molar-refractivity contribution in [3.63, 3.8) is 0 Å². The second-order valence-electron chi connectivity index (χ2n) is 4.48. The molecule has 0 aromatic heterocycles. The van der Waals surface area contributed by atoms with Crippen molar-refractivity contribution >= 4 is 21.7 Å². The lowest BCUT2D eigenvalue weighted by Crippen LogP contribution is -2.04. The van der Waals surface area contributed by atoms with Gasteiger partial charge in [-0.2, -0.15) is 0 Å². The lowest BCUT2D eigenvalue weighted by molar-refractivity contribution is -0.118. The molecule has 1 nitrogen and oxygen atoms in total. The van der Waals surface area contributed by atoms with Crippen LogP contribution in [0.1, 0.15) is 17.5 Å². The molecule has 98 valence electrons. The standard InChI is InChI=1S/C16H14BrFO/c17-14-5-1-4-13(9-14)11-16(19)8-7-12-3-2-6-15(18)10-12/h1-6,9-10H,7-8,11H2. The van der Waals surface area contributed by atoms with Crippen molar-refractivity contribution < 1.29 is 9.18 Å². The number of hydrogen-bond acceptors (Lipinski definition) is 1. The lowest BCUT2D eigenvalue weighted by atomic mass is 10.0. The first-order valence-corrected chi connectivity index (χ1v) is 6.93. The molecule has 0 amide bonds. The fourth-order valence-electron chi connectivity index (χ4n) is 1.94. The van der Waals surface area contributed by atoms with Gasteiger partial charge in [0.2, 0.25) is 0 Å². The monoisotopic (exact) mass is 320 g/mol. The van der Waals surface area contributed by atoms with Gasteiger partial charge in [-0.3, -0.25) is 4.79 Å². The minimum atomic E-state index is -0.253. The Balaban J connectivity index is 1.88. The van der Waals surface area contributed by atoms with Crippen LogP contribution in [-0.2, 0) is 17.6 Å². The molecule has 0 N–H and O–H groups in total. The Labute approximate surface area is 120 Å². The average Bonchev–Trinajstić information content (AvgIpc) is 2.36. The van der Waals surface area contributed by atoms with Crippen molar-refractivity contribution in [2.45, 2.75) is 19.3 Å². The summed E-state index contributed by atoms with van der Waals surface area (Å²) in [7, 11) is 0. The van der Waals surface area contributed by atoms with E-state index >= 15 is 0 Å². The molecule has 0 atom stereocenters. The van der Waals surface area contributed by atoms with Gasteiger partial charge in [-0.05, 0) is 41.8 Å². The molecule has 2 aromatic carbocycles. The molecule has 0 aliphatic rings. The van der Waals surface area contributed by atoms with Gasteiger partial charge in [0.15, 0.2) is 0 Å². The maximum absolute atomic E-state index is 13.0. The summed E-state index contributed by atoms with van der Waals surface area (Å²) in [5.41, 5.74) is 1.86. The third kappa shape index (κ3) is 4.60. The van der Waals surface area contributed by atoms with E-state index in [1.165, 1.54) is 12.1 Å². The Morgan fingerprint density at radius 2 is 1.79 bits per heavy atom. The number of carbonyl (C=O) groups excluding carboxylic acids is 1. The third-order valence-electron chi connectivity index (χ3n) is 2.87. The number of hydrogen-bond donors (Lipinski definition) is 0. The van der Waals surface area contributed by atoms with Crippen molar-refractivity contribution in [2.24, 2.45) is 0 Å². The van der Waals surface area contributed by atoms with Crippen LogP contribution in [0.4, 0.5) is 4.39 Å². The molecule has 2 aromatic rings. The number of benzene rings is 2. The molecule has 0 bridgehead atoms. The number of Topliss-reactive ketones (excluding diaryl/α,β-unsaturated/α-hetero) is 1. The van der Waals surface area contributed by atoms with E-state index in [1.54, 1.807) is 6.07 Å². The van der Waals surface area contributed by atoms with Gasteiger partial charge in [-0.15, -0.1) is 0 Å². The molecular formula is C16H14BrFO. The fraction of sp³-hybridized carbons (Fsp3) is 0.188. The molecule has 0 saturated carbocycles. The van der Waals surface area contributed by atoms with Crippen LogP contribution in [0, 0.1) is 5.82 Å². The first-order valence-electron chi connectivity index (χ1n) is 6.14. The molecule has 3 heteroatoms. The molecule has 0 spiro atoms. The minimum absolute atomic E-state index is 0.169. The highest BCUT2D eigenvalue weighted by Gasteiger charge is 2.05. The predicted molar refractivity (Wildman–Crippen MR) is 77.6 cm³/mol. The third-order valence-corrected chi connectivity index (χ3v) is 3.37. The van der Waals surface area contributed by atoms with Crippen molar-refractivity contribution in [3.05, 3.63) is 69.9 Å². The largest absolute Gasteiger partial charge is 0.299 e. The van der Waals surface area contributed by atoms with Crippen LogP contribution in [0.25, 0.3) is 0 Å². The summed E-state index contributed by atoms with van der Waals surface area (Å²) in [5, 5.41) is 0. The van der Waals surface area contributed by atoms with E-state index in [4.69, 9.17) is 0 Å². The Kier molecular flexibility index (Phi) is 4.86. The number of halogens is 2. The van der Waals surface area contributed by atoms with Gasteiger partial charge >= 0.3 is 0 Å². The van der Waals surface area contributed by atoms with Gasteiger partial charge in [0.1, 0.15) is 11.6 Å². The molecule has 0 aliphatic carbocycles. The van der Waals surface area contributed by atoms with Crippen molar-refractivity contribution in [1.82, 2.24) is 0 Å². The van der Waals surface area contributed by atoms with Crippen LogP contribution < -0.4 is 0 Å². The van der Waals surface area contributed by atoms with E-state index in [0.717, 1.165) is 15.6 Å². The van der Waals surface area contributed by atoms with Gasteiger partial charge in [0, 0.05) is 17.3 Å². The molecule has 0 radical (unpaired) electrons. The molecule has 0 fully saturated rings. The molecule has 0 saturated heterocycles. The van der Waals surface area contributed by atoms with E-state index in [0.29, 0.717) is 19.3 Å². The number of aryl methyl sites for hydroxylation is 1. The zero-order chi connectivity index (χ0) is 13.7. The highest BCUT2D eigenvalue weighted by atomic mass is 79.9. The summed E-state index contributed by atoms with van der Waals surface area (Å²) in [6.07, 6.45) is 1.45. The summed E-state index contributed by atoms with van der Waals surface area (Å²) in [5.74, 6) is -0.0840. The summed E-state index contributed by atoms with van der Waals surface area (Å²) in [6, 6.07) is 14.1. The normalized spacial score (nSPS) is 10.4. The van der Waals surface area contributed by atoms with Crippen molar-refractivity contribution in [3.8, 4) is 0 Å². The Bertz CT molecular complexity index is 580. The summed E-state index contributed by atoms with van der Waals surface area (Å²) in [6.45, 7) is 0. The van der Waals surface area contributed by atoms with E-state index < -0.39 is 0 Å². The minimum Gasteiger partial charge on any atom is -0.299 e. The quantitative estimate of drug-likeness (QED) is 0.801. The lowest BCUT2D eigenvalue weighted by Gasteiger charge is -2.03. The summed E-state index contributed by atoms with van der Waals surface area (Å²) < 4.78 is 14.0. The van der Waals surface area contributed by atoms with Crippen LogP contribution in [0.3, 0.4) is 0 Å². The van der Waals surface area contributed by atoms with Crippen molar-refractivity contribution in [1.29, 1.82) is 0 Å². The van der Waals surface area contributed by atoms with Gasteiger partial charge in [-0.25, -0.2) is 4.39 Å². The Morgan fingerprint density at radius 1 is 1.05 bits per heavy atom. The summed E-state index contributed by atoms with van der Waals surface area (Å²) >= 11 is 3.38. The molecule has 2 rings (SSSR count). The maximum atomic E-state index is 13.0. The smallest absolute Gasteiger partial charge is 0.137 e. The van der Waals surface area contributed by atoms with Crippen LogP contribution in [0.2, 0.25) is 0 Å². The topological polar surface area (TPSA) is 17.1 Å². The van der Waals surface area contributed by atoms with E-state index in [1.807, 2.05) is 30.3 Å². The Morgan fingerprint density at radius 3 is 2.53 bits per heavy atom. The first kappa shape index (κ1) is 13.9. The average molecular weight is 321 g/mol. The summed E-state index contributed by atoms with van der Waals surface area (Å²) in [4.78, 5) is 11.9. The van der Waals surface area contributed by atoms with E-state index in [9.17, 15) is 9.18 Å². The zero-order valence-corrected chi connectivity index (χ0v) is 12.0. The molecule has 0 unspecified atom stereocenters. The van der Waals surface area contributed by atoms with Gasteiger partial charge < -0.3 is 0 Å². The van der Waals surface area contributed by atoms with E-state index in [-0.39, 0.29) is 11.6 Å². The zero-order valence-electron chi connectivity index (χ0n) is 10.4. The molecular weight excluding hydrogens is 307 g/mol. The highest BCUT2D eigenvalue weighted by molar-refractivity contribution is 9.10. The predicted octanol–water partition coefficient (Wildman–Crippen LogP) is 4.33. The SMILES string of the molecule is O=C(CCc1cccc(F)c1)Cc1cccc(Br)c1. The number of rotatable bonds is 5. The van der Waals surface area contributed by atoms with Crippen LogP contribution in [-0.4, -0.2) is 5.78 Å². The van der Waals surface area contributed by atoms with Crippen LogP contribution >= 0.6 is 15.9 Å². The van der Waals surface area contributed by atoms with E-state index in [2.05, 4.69) is 15.9 Å². The first-order chi connectivity index (χ1) is 9.13. The molecule has 0 aliphatic heterocycles. The highest BCUT2D eigenvalue weighted by Crippen LogP contribution is 2.13. The van der Waals surface area contributed by atoms with Crippen LogP contribution in [0.15, 0.2) is 53.0 Å². The Hall–Kier alpha value is -1.48. The molecule has 0 heterocycles. The van der Waals surface area contributed by atoms with Gasteiger partial charge in [0.25, 0.3) is 0 Å². The van der Waals surface area contributed by atoms with Crippen LogP contribution in [0.5, 0.6) is 0 Å². The fourth-order valence-corrected chi connectivity index (χ4v) is 2.39. The van der Waals surface area contributed by atoms with Gasteiger partial charge in [-0.1, -0.05) is 40.2 Å². The maximum Gasteiger partial charge on any atom is 0.137 e. The molecule has 19 heavy (non-hydrogen) atoms. The number of ketones is 1. The second-order valence-corrected chi connectivity index (χ2v) is 5.39. The van der Waals surface area contributed by atoms with Crippen molar-refractivity contribution in [2.75, 3.05) is 0 Å².